The molecular weight excluding hydrogens is 220 g/mol. The third-order valence-electron chi connectivity index (χ3n) is 4.79. The number of aryl methyl sites for hydroxylation is 2. The lowest BCUT2D eigenvalue weighted by Crippen LogP contribution is -2.43. The highest BCUT2D eigenvalue weighted by atomic mass is 16.3. The van der Waals surface area contributed by atoms with Crippen molar-refractivity contribution in [3.63, 3.8) is 0 Å². The summed E-state index contributed by atoms with van der Waals surface area (Å²) >= 11 is 0. The van der Waals surface area contributed by atoms with Crippen LogP contribution in [0.2, 0.25) is 0 Å². The summed E-state index contributed by atoms with van der Waals surface area (Å²) in [6.45, 7) is 8.75. The van der Waals surface area contributed by atoms with Crippen LogP contribution in [0.5, 0.6) is 0 Å². The predicted octanol–water partition coefficient (Wildman–Crippen LogP) is 4.03. The van der Waals surface area contributed by atoms with Gasteiger partial charge in [0.15, 0.2) is 0 Å². The quantitative estimate of drug-likeness (QED) is 0.835. The van der Waals surface area contributed by atoms with Crippen molar-refractivity contribution in [1.29, 1.82) is 0 Å². The van der Waals surface area contributed by atoms with Crippen molar-refractivity contribution < 1.29 is 5.11 Å². The van der Waals surface area contributed by atoms with E-state index in [4.69, 9.17) is 0 Å². The van der Waals surface area contributed by atoms with Crippen molar-refractivity contribution in [3.05, 3.63) is 34.9 Å². The Morgan fingerprint density at radius 3 is 2.56 bits per heavy atom. The van der Waals surface area contributed by atoms with Crippen LogP contribution in [0.1, 0.15) is 49.8 Å². The summed E-state index contributed by atoms with van der Waals surface area (Å²) in [7, 11) is 0. The summed E-state index contributed by atoms with van der Waals surface area (Å²) in [5.41, 5.74) is 3.43. The lowest BCUT2D eigenvalue weighted by Gasteiger charge is -2.41. The maximum absolute atomic E-state index is 10.9. The zero-order chi connectivity index (χ0) is 13.3. The molecule has 0 spiro atoms. The van der Waals surface area contributed by atoms with Gasteiger partial charge in [-0.25, -0.2) is 0 Å². The lowest BCUT2D eigenvalue weighted by atomic mass is 9.69. The summed E-state index contributed by atoms with van der Waals surface area (Å²) in [6.07, 6.45) is 4.17. The van der Waals surface area contributed by atoms with Gasteiger partial charge in [-0.3, -0.25) is 0 Å². The van der Waals surface area contributed by atoms with E-state index in [1.807, 2.05) is 0 Å². The molecule has 3 atom stereocenters. The van der Waals surface area contributed by atoms with E-state index in [0.717, 1.165) is 19.3 Å². The maximum Gasteiger partial charge on any atom is 0.0715 e. The van der Waals surface area contributed by atoms with E-state index in [-0.39, 0.29) is 0 Å². The Morgan fingerprint density at radius 2 is 1.89 bits per heavy atom. The van der Waals surface area contributed by atoms with Gasteiger partial charge in [0.25, 0.3) is 0 Å². The molecular formula is C17H26O. The monoisotopic (exact) mass is 246 g/mol. The number of aliphatic hydroxyl groups is 1. The highest BCUT2D eigenvalue weighted by Crippen LogP contribution is 2.39. The van der Waals surface area contributed by atoms with Gasteiger partial charge in [0.05, 0.1) is 5.60 Å². The van der Waals surface area contributed by atoms with E-state index < -0.39 is 5.60 Å². The Balaban J connectivity index is 2.17. The van der Waals surface area contributed by atoms with Gasteiger partial charge in [-0.2, -0.15) is 0 Å². The fourth-order valence-corrected chi connectivity index (χ4v) is 3.22. The van der Waals surface area contributed by atoms with E-state index in [1.165, 1.54) is 23.1 Å². The van der Waals surface area contributed by atoms with Crippen LogP contribution < -0.4 is 0 Å². The first-order valence-corrected chi connectivity index (χ1v) is 7.19. The minimum Gasteiger partial charge on any atom is -0.389 e. The Hall–Kier alpha value is -0.820. The molecule has 0 bridgehead atoms. The minimum absolute atomic E-state index is 0.412. The molecule has 1 aliphatic carbocycles. The normalized spacial score (nSPS) is 32.5. The van der Waals surface area contributed by atoms with E-state index in [0.29, 0.717) is 11.8 Å². The van der Waals surface area contributed by atoms with Crippen molar-refractivity contribution >= 4 is 0 Å². The van der Waals surface area contributed by atoms with Gasteiger partial charge < -0.3 is 5.11 Å². The second-order valence-electron chi connectivity index (χ2n) is 6.49. The number of hydrogen-bond donors (Lipinski definition) is 1. The molecule has 1 aliphatic rings. The van der Waals surface area contributed by atoms with Crippen LogP contribution in [0, 0.1) is 25.7 Å². The summed E-state index contributed by atoms with van der Waals surface area (Å²) in [4.78, 5) is 0. The Bertz CT molecular complexity index is 424. The average Bonchev–Trinajstić information content (AvgIpc) is 2.29. The fraction of sp³-hybridized carbons (Fsp3) is 0.647. The summed E-state index contributed by atoms with van der Waals surface area (Å²) in [6, 6.07) is 6.58. The molecule has 2 rings (SSSR count). The van der Waals surface area contributed by atoms with Crippen LogP contribution in [0.3, 0.4) is 0 Å². The van der Waals surface area contributed by atoms with Gasteiger partial charge >= 0.3 is 0 Å². The second-order valence-corrected chi connectivity index (χ2v) is 6.49. The Kier molecular flexibility index (Phi) is 3.82. The van der Waals surface area contributed by atoms with Crippen LogP contribution in [0.15, 0.2) is 18.2 Å². The van der Waals surface area contributed by atoms with E-state index >= 15 is 0 Å². The van der Waals surface area contributed by atoms with Crippen molar-refractivity contribution in [2.45, 2.75) is 59.0 Å². The highest BCUT2D eigenvalue weighted by molar-refractivity contribution is 5.31. The first-order chi connectivity index (χ1) is 8.40. The van der Waals surface area contributed by atoms with Gasteiger partial charge in [0.1, 0.15) is 0 Å². The molecule has 100 valence electrons. The summed E-state index contributed by atoms with van der Waals surface area (Å²) < 4.78 is 0. The molecule has 1 fully saturated rings. The largest absolute Gasteiger partial charge is 0.389 e. The molecule has 1 saturated carbocycles. The molecule has 1 aromatic carbocycles. The fourth-order valence-electron chi connectivity index (χ4n) is 3.22. The van der Waals surface area contributed by atoms with E-state index in [2.05, 4.69) is 45.9 Å². The van der Waals surface area contributed by atoms with E-state index in [9.17, 15) is 5.11 Å². The predicted molar refractivity (Wildman–Crippen MR) is 76.7 cm³/mol. The van der Waals surface area contributed by atoms with Gasteiger partial charge in [-0.1, -0.05) is 38.5 Å². The summed E-state index contributed by atoms with van der Waals surface area (Å²) in [5.74, 6) is 1.06. The topological polar surface area (TPSA) is 20.2 Å². The molecule has 18 heavy (non-hydrogen) atoms. The van der Waals surface area contributed by atoms with Crippen LogP contribution in [0.4, 0.5) is 0 Å². The molecule has 0 aliphatic heterocycles. The second kappa shape index (κ2) is 5.05. The van der Waals surface area contributed by atoms with Crippen molar-refractivity contribution in [2.75, 3.05) is 0 Å². The van der Waals surface area contributed by atoms with Gasteiger partial charge in [-0.05, 0) is 55.2 Å². The van der Waals surface area contributed by atoms with Gasteiger partial charge in [0.2, 0.25) is 0 Å². The van der Waals surface area contributed by atoms with Crippen molar-refractivity contribution in [2.24, 2.45) is 11.8 Å². The Labute approximate surface area is 111 Å². The van der Waals surface area contributed by atoms with Crippen LogP contribution in [-0.4, -0.2) is 10.7 Å². The van der Waals surface area contributed by atoms with E-state index in [1.54, 1.807) is 0 Å². The van der Waals surface area contributed by atoms with Crippen molar-refractivity contribution in [3.8, 4) is 0 Å². The first-order valence-electron chi connectivity index (χ1n) is 7.19. The highest BCUT2D eigenvalue weighted by Gasteiger charge is 2.38. The molecule has 0 saturated heterocycles. The molecule has 1 nitrogen and oxygen atoms in total. The maximum atomic E-state index is 10.9. The van der Waals surface area contributed by atoms with Crippen LogP contribution in [-0.2, 0) is 6.42 Å². The standard InChI is InChI=1S/C17H26O/c1-12-5-7-15(4)17(18,10-12)11-16-8-6-13(2)14(3)9-16/h6,8-9,12,15,18H,5,7,10-11H2,1-4H3. The zero-order valence-corrected chi connectivity index (χ0v) is 12.2. The molecule has 1 N–H and O–H groups in total. The van der Waals surface area contributed by atoms with Crippen molar-refractivity contribution in [1.82, 2.24) is 0 Å². The third kappa shape index (κ3) is 2.77. The molecule has 0 amide bonds. The zero-order valence-electron chi connectivity index (χ0n) is 12.2. The molecule has 0 heterocycles. The van der Waals surface area contributed by atoms with Crippen LogP contribution in [0.25, 0.3) is 0 Å². The number of rotatable bonds is 2. The minimum atomic E-state index is -0.501. The number of benzene rings is 1. The smallest absolute Gasteiger partial charge is 0.0715 e. The molecule has 0 aromatic heterocycles. The SMILES string of the molecule is Cc1ccc(CC2(O)CC(C)CCC2C)cc1C. The number of hydrogen-bond acceptors (Lipinski definition) is 1. The molecule has 1 heteroatoms. The lowest BCUT2D eigenvalue weighted by molar-refractivity contribution is -0.0560. The third-order valence-corrected chi connectivity index (χ3v) is 4.79. The van der Waals surface area contributed by atoms with Gasteiger partial charge in [0, 0.05) is 6.42 Å². The summed E-state index contributed by atoms with van der Waals surface area (Å²) in [5, 5.41) is 10.9. The van der Waals surface area contributed by atoms with Crippen LogP contribution >= 0.6 is 0 Å². The molecule has 0 radical (unpaired) electrons. The average molecular weight is 246 g/mol. The van der Waals surface area contributed by atoms with Gasteiger partial charge in [-0.15, -0.1) is 0 Å². The Morgan fingerprint density at radius 1 is 1.17 bits per heavy atom. The molecule has 1 aromatic rings. The first kappa shape index (κ1) is 13.6. The molecule has 3 unspecified atom stereocenters.